The summed E-state index contributed by atoms with van der Waals surface area (Å²) in [5.74, 6) is 1.62. The quantitative estimate of drug-likeness (QED) is 0.386. The van der Waals surface area contributed by atoms with E-state index >= 15 is 0 Å². The van der Waals surface area contributed by atoms with Gasteiger partial charge >= 0.3 is 0 Å². The molecule has 0 N–H and O–H groups in total. The number of methoxy groups -OCH3 is 1. The van der Waals surface area contributed by atoms with E-state index in [-0.39, 0.29) is 5.91 Å². The van der Waals surface area contributed by atoms with E-state index in [9.17, 15) is 4.79 Å². The third kappa shape index (κ3) is 4.79. The molecule has 2 aliphatic rings. The Bertz CT molecular complexity index is 1420. The number of hydrogen-bond acceptors (Lipinski definition) is 6. The molecule has 2 atom stereocenters. The number of amides is 1. The summed E-state index contributed by atoms with van der Waals surface area (Å²) in [6, 6.07) is 15.5. The van der Waals surface area contributed by atoms with Gasteiger partial charge in [-0.15, -0.1) is 0 Å². The van der Waals surface area contributed by atoms with Crippen molar-refractivity contribution < 1.29 is 9.53 Å². The van der Waals surface area contributed by atoms with Crippen molar-refractivity contribution in [2.75, 3.05) is 26.7 Å². The molecule has 8 nitrogen and oxygen atoms in total. The maximum atomic E-state index is 13.3. The Morgan fingerprint density at radius 2 is 1.95 bits per heavy atom. The molecular weight excluding hydrogens is 488 g/mol. The van der Waals surface area contributed by atoms with Crippen molar-refractivity contribution >= 4 is 23.3 Å². The van der Waals surface area contributed by atoms with Gasteiger partial charge < -0.3 is 9.64 Å². The first-order valence-electron chi connectivity index (χ1n) is 12.7. The van der Waals surface area contributed by atoms with Gasteiger partial charge in [0, 0.05) is 54.7 Å². The number of fused-ring (bicyclic) bond motifs is 3. The monoisotopic (exact) mass is 516 g/mol. The van der Waals surface area contributed by atoms with E-state index in [2.05, 4.69) is 19.3 Å². The van der Waals surface area contributed by atoms with Crippen molar-refractivity contribution in [2.24, 2.45) is 5.92 Å². The molecule has 2 bridgehead atoms. The number of aromatic nitrogens is 4. The summed E-state index contributed by atoms with van der Waals surface area (Å²) in [4.78, 5) is 31.6. The van der Waals surface area contributed by atoms with Crippen LogP contribution in [0.1, 0.15) is 35.4 Å². The highest BCUT2D eigenvalue weighted by Crippen LogP contribution is 2.33. The highest BCUT2D eigenvalue weighted by Gasteiger charge is 2.35. The van der Waals surface area contributed by atoms with Crippen LogP contribution in [0.5, 0.6) is 5.88 Å². The Morgan fingerprint density at radius 3 is 2.78 bits per heavy atom. The lowest BCUT2D eigenvalue weighted by atomic mass is 9.90. The molecule has 6 rings (SSSR count). The average Bonchev–Trinajstić information content (AvgIpc) is 3.20. The van der Waals surface area contributed by atoms with E-state index < -0.39 is 0 Å². The van der Waals surface area contributed by atoms with Gasteiger partial charge in [-0.2, -0.15) is 0 Å². The van der Waals surface area contributed by atoms with Crippen LogP contribution >= 0.6 is 11.6 Å². The van der Waals surface area contributed by atoms with Gasteiger partial charge in [0.2, 0.25) is 11.7 Å². The number of likely N-dealkylation sites (tertiary alicyclic amines) is 2. The number of rotatable bonds is 5. The van der Waals surface area contributed by atoms with Crippen LogP contribution < -0.4 is 4.74 Å². The highest BCUT2D eigenvalue weighted by atomic mass is 35.5. The second-order valence-corrected chi connectivity index (χ2v) is 10.3. The number of piperidine rings is 1. The van der Waals surface area contributed by atoms with Crippen molar-refractivity contribution in [3.8, 4) is 17.1 Å². The standard InChI is InChI=1S/C28H29ClN6O2/c1-37-25-5-2-4-23(31-25)27(36)34-15-11-22-16-19(17-34)10-14-33(22)18-24-26(20-6-8-21(29)9-7-20)32-28-30-12-3-13-35(24)28/h2-9,12-13,19,22H,10-11,14-18H2,1H3. The van der Waals surface area contributed by atoms with Crippen LogP contribution in [-0.4, -0.2) is 67.8 Å². The van der Waals surface area contributed by atoms with Gasteiger partial charge in [0.15, 0.2) is 0 Å². The largest absolute Gasteiger partial charge is 0.481 e. The molecule has 2 fully saturated rings. The number of benzene rings is 1. The Morgan fingerprint density at radius 1 is 1.08 bits per heavy atom. The fourth-order valence-electron chi connectivity index (χ4n) is 5.68. The second-order valence-electron chi connectivity index (χ2n) is 9.82. The van der Waals surface area contributed by atoms with Crippen LogP contribution in [-0.2, 0) is 6.54 Å². The number of nitrogens with zero attached hydrogens (tertiary/aromatic N) is 6. The van der Waals surface area contributed by atoms with Crippen LogP contribution in [0.4, 0.5) is 0 Å². The fraction of sp³-hybridized carbons (Fsp3) is 0.357. The van der Waals surface area contributed by atoms with Gasteiger partial charge in [0.05, 0.1) is 18.5 Å². The van der Waals surface area contributed by atoms with E-state index in [1.807, 2.05) is 47.5 Å². The number of halogens is 1. The lowest BCUT2D eigenvalue weighted by Crippen LogP contribution is -2.42. The summed E-state index contributed by atoms with van der Waals surface area (Å²) < 4.78 is 7.32. The van der Waals surface area contributed by atoms with Gasteiger partial charge in [-0.1, -0.05) is 29.8 Å². The average molecular weight is 517 g/mol. The zero-order chi connectivity index (χ0) is 25.4. The van der Waals surface area contributed by atoms with Crippen LogP contribution in [0.2, 0.25) is 5.02 Å². The lowest BCUT2D eigenvalue weighted by Gasteiger charge is -2.37. The number of carbonyl (C=O) groups is 1. The van der Waals surface area contributed by atoms with Crippen molar-refractivity contribution in [2.45, 2.75) is 31.8 Å². The van der Waals surface area contributed by atoms with Gasteiger partial charge in [-0.05, 0) is 56.0 Å². The summed E-state index contributed by atoms with van der Waals surface area (Å²) in [5.41, 5.74) is 3.54. The molecule has 0 saturated carbocycles. The topological polar surface area (TPSA) is 75.9 Å². The minimum atomic E-state index is -0.0177. The van der Waals surface area contributed by atoms with Gasteiger partial charge in [0.1, 0.15) is 5.69 Å². The molecule has 37 heavy (non-hydrogen) atoms. The Hall–Kier alpha value is -3.49. The van der Waals surface area contributed by atoms with Crippen molar-refractivity contribution in [1.82, 2.24) is 29.2 Å². The minimum Gasteiger partial charge on any atom is -0.481 e. The number of ether oxygens (including phenoxy) is 1. The molecule has 5 heterocycles. The second kappa shape index (κ2) is 10.1. The Balaban J connectivity index is 1.24. The SMILES string of the molecule is COc1cccc(C(=O)N2CCC3CC(CCN3Cc3c(-c4ccc(Cl)cc4)nc4ncccn34)C2)n1. The Kier molecular flexibility index (Phi) is 6.52. The van der Waals surface area contributed by atoms with Crippen molar-refractivity contribution in [1.29, 1.82) is 0 Å². The number of carbonyl (C=O) groups excluding carboxylic acids is 1. The fourth-order valence-corrected chi connectivity index (χ4v) is 5.80. The summed E-state index contributed by atoms with van der Waals surface area (Å²) in [7, 11) is 1.57. The van der Waals surface area contributed by atoms with Crippen LogP contribution in [0, 0.1) is 5.92 Å². The number of hydrogen-bond donors (Lipinski definition) is 0. The first-order valence-corrected chi connectivity index (χ1v) is 13.1. The maximum absolute atomic E-state index is 13.3. The van der Waals surface area contributed by atoms with Crippen LogP contribution in [0.3, 0.4) is 0 Å². The summed E-state index contributed by atoms with van der Waals surface area (Å²) in [6.45, 7) is 3.25. The third-order valence-electron chi connectivity index (χ3n) is 7.57. The van der Waals surface area contributed by atoms with E-state index in [0.29, 0.717) is 40.9 Å². The number of pyridine rings is 1. The molecule has 190 valence electrons. The molecular formula is C28H29ClN6O2. The maximum Gasteiger partial charge on any atom is 0.272 e. The molecule has 9 heteroatoms. The zero-order valence-electron chi connectivity index (χ0n) is 20.8. The molecule has 1 amide bonds. The molecule has 2 aliphatic heterocycles. The molecule has 2 saturated heterocycles. The molecule has 2 unspecified atom stereocenters. The molecule has 1 aromatic carbocycles. The predicted molar refractivity (Wildman–Crippen MR) is 142 cm³/mol. The predicted octanol–water partition coefficient (Wildman–Crippen LogP) is 4.58. The molecule has 0 radical (unpaired) electrons. The molecule has 0 spiro atoms. The molecule has 0 aliphatic carbocycles. The van der Waals surface area contributed by atoms with Crippen molar-refractivity contribution in [3.05, 3.63) is 77.3 Å². The van der Waals surface area contributed by atoms with Crippen molar-refractivity contribution in [3.63, 3.8) is 0 Å². The first kappa shape index (κ1) is 23.9. The van der Waals surface area contributed by atoms with E-state index in [1.54, 1.807) is 25.4 Å². The molecule has 3 aromatic heterocycles. The summed E-state index contributed by atoms with van der Waals surface area (Å²) in [5, 5.41) is 0.705. The van der Waals surface area contributed by atoms with Crippen LogP contribution in [0.15, 0.2) is 60.9 Å². The summed E-state index contributed by atoms with van der Waals surface area (Å²) >= 11 is 6.15. The zero-order valence-corrected chi connectivity index (χ0v) is 21.5. The minimum absolute atomic E-state index is 0.0177. The normalized spacial score (nSPS) is 20.1. The van der Waals surface area contributed by atoms with E-state index in [0.717, 1.165) is 55.8 Å². The van der Waals surface area contributed by atoms with Gasteiger partial charge in [-0.3, -0.25) is 14.1 Å². The van der Waals surface area contributed by atoms with Crippen LogP contribution in [0.25, 0.3) is 17.0 Å². The smallest absolute Gasteiger partial charge is 0.272 e. The summed E-state index contributed by atoms with van der Waals surface area (Å²) in [6.07, 6.45) is 6.87. The third-order valence-corrected chi connectivity index (χ3v) is 7.82. The molecule has 4 aromatic rings. The highest BCUT2D eigenvalue weighted by molar-refractivity contribution is 6.30. The van der Waals surface area contributed by atoms with E-state index in [1.165, 1.54) is 0 Å². The Labute approximate surface area is 220 Å². The van der Waals surface area contributed by atoms with Gasteiger partial charge in [-0.25, -0.2) is 15.0 Å². The first-order chi connectivity index (χ1) is 18.1. The van der Waals surface area contributed by atoms with Gasteiger partial charge in [0.25, 0.3) is 5.91 Å². The lowest BCUT2D eigenvalue weighted by molar-refractivity contribution is 0.0727. The van der Waals surface area contributed by atoms with E-state index in [4.69, 9.17) is 21.3 Å². The number of imidazole rings is 1.